The Labute approximate surface area is 98.3 Å². The molecule has 0 aliphatic carbocycles. The van der Waals surface area contributed by atoms with Crippen molar-refractivity contribution in [2.24, 2.45) is 5.73 Å². The van der Waals surface area contributed by atoms with Gasteiger partial charge in [0.25, 0.3) is 5.91 Å². The molecule has 0 bridgehead atoms. The molecule has 2 heterocycles. The smallest absolute Gasteiger partial charge is 0.269 e. The van der Waals surface area contributed by atoms with Crippen molar-refractivity contribution in [1.82, 2.24) is 10.2 Å². The number of anilines is 1. The lowest BCUT2D eigenvalue weighted by molar-refractivity contribution is 0.0994. The standard InChI is InChI=1S/C9H12N4O3S/c10-9(14)7-1-2-8(13-12-7)11-6-3-4-17(15,16)5-6/h1-2,6H,3-5H2,(H2,10,14)(H,11,13). The number of rotatable bonds is 3. The highest BCUT2D eigenvalue weighted by molar-refractivity contribution is 7.91. The second kappa shape index (κ2) is 4.28. The Kier molecular flexibility index (Phi) is 2.97. The molecule has 0 spiro atoms. The highest BCUT2D eigenvalue weighted by Gasteiger charge is 2.27. The van der Waals surface area contributed by atoms with Gasteiger partial charge in [0.2, 0.25) is 0 Å². The average molecular weight is 256 g/mol. The number of carbonyl (C=O) groups is 1. The van der Waals surface area contributed by atoms with Gasteiger partial charge in [0.05, 0.1) is 11.5 Å². The summed E-state index contributed by atoms with van der Waals surface area (Å²) in [5, 5.41) is 10.3. The van der Waals surface area contributed by atoms with Crippen LogP contribution in [0.15, 0.2) is 12.1 Å². The van der Waals surface area contributed by atoms with Crippen molar-refractivity contribution in [1.29, 1.82) is 0 Å². The maximum atomic E-state index is 11.2. The molecule has 0 radical (unpaired) electrons. The van der Waals surface area contributed by atoms with Crippen LogP contribution < -0.4 is 11.1 Å². The van der Waals surface area contributed by atoms with Crippen LogP contribution in [0.1, 0.15) is 16.9 Å². The van der Waals surface area contributed by atoms with Gasteiger partial charge in [-0.2, -0.15) is 0 Å². The fraction of sp³-hybridized carbons (Fsp3) is 0.444. The van der Waals surface area contributed by atoms with Crippen molar-refractivity contribution >= 4 is 21.6 Å². The van der Waals surface area contributed by atoms with Crippen LogP contribution in [0.5, 0.6) is 0 Å². The molecule has 3 N–H and O–H groups in total. The van der Waals surface area contributed by atoms with Crippen LogP contribution in [-0.4, -0.2) is 42.1 Å². The van der Waals surface area contributed by atoms with Crippen molar-refractivity contribution < 1.29 is 13.2 Å². The van der Waals surface area contributed by atoms with Gasteiger partial charge in [-0.15, -0.1) is 10.2 Å². The number of amides is 1. The van der Waals surface area contributed by atoms with E-state index in [4.69, 9.17) is 5.73 Å². The van der Waals surface area contributed by atoms with Crippen LogP contribution in [0.2, 0.25) is 0 Å². The minimum atomic E-state index is -2.92. The van der Waals surface area contributed by atoms with Gasteiger partial charge in [-0.25, -0.2) is 8.42 Å². The Morgan fingerprint density at radius 3 is 2.65 bits per heavy atom. The number of carbonyl (C=O) groups excluding carboxylic acids is 1. The summed E-state index contributed by atoms with van der Waals surface area (Å²) in [5.74, 6) is 0.0913. The zero-order valence-corrected chi connectivity index (χ0v) is 9.77. The SMILES string of the molecule is NC(=O)c1ccc(NC2CCS(=O)(=O)C2)nn1. The first kappa shape index (κ1) is 11.8. The Morgan fingerprint density at radius 2 is 2.18 bits per heavy atom. The molecule has 92 valence electrons. The average Bonchev–Trinajstić information content (AvgIpc) is 2.59. The topological polar surface area (TPSA) is 115 Å². The summed E-state index contributed by atoms with van der Waals surface area (Å²) < 4.78 is 22.5. The zero-order chi connectivity index (χ0) is 12.5. The molecule has 1 saturated heterocycles. The Hall–Kier alpha value is -1.70. The maximum Gasteiger partial charge on any atom is 0.269 e. The summed E-state index contributed by atoms with van der Waals surface area (Å²) in [7, 11) is -2.92. The highest BCUT2D eigenvalue weighted by atomic mass is 32.2. The van der Waals surface area contributed by atoms with E-state index in [0.29, 0.717) is 12.2 Å². The first-order valence-electron chi connectivity index (χ1n) is 5.07. The van der Waals surface area contributed by atoms with E-state index in [1.165, 1.54) is 6.07 Å². The predicted molar refractivity (Wildman–Crippen MR) is 61.2 cm³/mol. The predicted octanol–water partition coefficient (Wildman–Crippen LogP) is -0.825. The fourth-order valence-electron chi connectivity index (χ4n) is 1.66. The summed E-state index contributed by atoms with van der Waals surface area (Å²) in [6.45, 7) is 0. The second-order valence-corrected chi connectivity index (χ2v) is 6.14. The molecule has 8 heteroatoms. The minimum absolute atomic E-state index is 0.0783. The van der Waals surface area contributed by atoms with Crippen LogP contribution >= 0.6 is 0 Å². The maximum absolute atomic E-state index is 11.2. The number of aromatic nitrogens is 2. The van der Waals surface area contributed by atoms with E-state index in [0.717, 1.165) is 0 Å². The van der Waals surface area contributed by atoms with Gasteiger partial charge in [0.15, 0.2) is 15.5 Å². The second-order valence-electron chi connectivity index (χ2n) is 3.91. The fourth-order valence-corrected chi connectivity index (χ4v) is 3.33. The minimum Gasteiger partial charge on any atom is -0.365 e. The molecular weight excluding hydrogens is 244 g/mol. The number of nitrogens with two attached hydrogens (primary N) is 1. The third-order valence-electron chi connectivity index (χ3n) is 2.50. The van der Waals surface area contributed by atoms with Crippen LogP contribution in [0.3, 0.4) is 0 Å². The first-order valence-corrected chi connectivity index (χ1v) is 6.89. The zero-order valence-electron chi connectivity index (χ0n) is 8.96. The van der Waals surface area contributed by atoms with Crippen LogP contribution in [-0.2, 0) is 9.84 Å². The van der Waals surface area contributed by atoms with E-state index >= 15 is 0 Å². The van der Waals surface area contributed by atoms with E-state index in [1.807, 2.05) is 0 Å². The Balaban J connectivity index is 2.03. The summed E-state index contributed by atoms with van der Waals surface area (Å²) in [6, 6.07) is 2.85. The quantitative estimate of drug-likeness (QED) is 0.729. The number of nitrogens with one attached hydrogen (secondary N) is 1. The molecule has 1 atom stereocenters. The largest absolute Gasteiger partial charge is 0.365 e. The molecule has 1 aliphatic heterocycles. The monoisotopic (exact) mass is 256 g/mol. The van der Waals surface area contributed by atoms with E-state index in [2.05, 4.69) is 15.5 Å². The van der Waals surface area contributed by atoms with Crippen molar-refractivity contribution in [3.05, 3.63) is 17.8 Å². The highest BCUT2D eigenvalue weighted by Crippen LogP contribution is 2.15. The summed E-state index contributed by atoms with van der Waals surface area (Å²) in [5.41, 5.74) is 5.10. The third-order valence-corrected chi connectivity index (χ3v) is 4.27. The Morgan fingerprint density at radius 1 is 1.41 bits per heavy atom. The molecule has 1 amide bonds. The van der Waals surface area contributed by atoms with Crippen LogP contribution in [0.4, 0.5) is 5.82 Å². The van der Waals surface area contributed by atoms with Gasteiger partial charge in [-0.05, 0) is 18.6 Å². The number of hydrogen-bond acceptors (Lipinski definition) is 6. The van der Waals surface area contributed by atoms with Crippen molar-refractivity contribution in [2.75, 3.05) is 16.8 Å². The van der Waals surface area contributed by atoms with E-state index in [9.17, 15) is 13.2 Å². The molecular formula is C9H12N4O3S. The molecule has 0 aromatic carbocycles. The molecule has 1 fully saturated rings. The molecule has 1 aromatic rings. The van der Waals surface area contributed by atoms with Gasteiger partial charge in [0.1, 0.15) is 5.82 Å². The summed E-state index contributed by atoms with van der Waals surface area (Å²) in [6.07, 6.45) is 0.557. The van der Waals surface area contributed by atoms with E-state index < -0.39 is 15.7 Å². The molecule has 7 nitrogen and oxygen atoms in total. The van der Waals surface area contributed by atoms with Gasteiger partial charge in [-0.3, -0.25) is 4.79 Å². The summed E-state index contributed by atoms with van der Waals surface area (Å²) in [4.78, 5) is 10.8. The normalized spacial score (nSPS) is 22.2. The number of sulfone groups is 1. The molecule has 17 heavy (non-hydrogen) atoms. The molecule has 0 saturated carbocycles. The number of hydrogen-bond donors (Lipinski definition) is 2. The van der Waals surface area contributed by atoms with E-state index in [1.54, 1.807) is 6.07 Å². The Bertz CT molecular complexity index is 526. The van der Waals surface area contributed by atoms with Gasteiger partial charge in [-0.1, -0.05) is 0 Å². The van der Waals surface area contributed by atoms with Gasteiger partial charge < -0.3 is 11.1 Å². The number of nitrogens with zero attached hydrogens (tertiary/aromatic N) is 2. The van der Waals surface area contributed by atoms with Crippen molar-refractivity contribution in [2.45, 2.75) is 12.5 Å². The lowest BCUT2D eigenvalue weighted by Gasteiger charge is -2.10. The van der Waals surface area contributed by atoms with Crippen molar-refractivity contribution in [3.8, 4) is 0 Å². The van der Waals surface area contributed by atoms with Crippen molar-refractivity contribution in [3.63, 3.8) is 0 Å². The summed E-state index contributed by atoms with van der Waals surface area (Å²) >= 11 is 0. The lowest BCUT2D eigenvalue weighted by Crippen LogP contribution is -2.22. The first-order chi connectivity index (χ1) is 7.96. The van der Waals surface area contributed by atoms with Crippen LogP contribution in [0, 0.1) is 0 Å². The molecule has 1 aliphatic rings. The lowest BCUT2D eigenvalue weighted by atomic mass is 10.2. The molecule has 2 rings (SSSR count). The van der Waals surface area contributed by atoms with Crippen LogP contribution in [0.25, 0.3) is 0 Å². The third kappa shape index (κ3) is 2.90. The molecule has 1 aromatic heterocycles. The van der Waals surface area contributed by atoms with E-state index in [-0.39, 0.29) is 23.2 Å². The number of primary amides is 1. The molecule has 1 unspecified atom stereocenters. The van der Waals surface area contributed by atoms with Gasteiger partial charge in [0, 0.05) is 6.04 Å². The van der Waals surface area contributed by atoms with Gasteiger partial charge >= 0.3 is 0 Å².